The van der Waals surface area contributed by atoms with Gasteiger partial charge in [-0.2, -0.15) is 15.1 Å². The van der Waals surface area contributed by atoms with Crippen LogP contribution in [0, 0.1) is 16.7 Å². The van der Waals surface area contributed by atoms with Gasteiger partial charge in [-0.25, -0.2) is 21.9 Å². The minimum atomic E-state index is -4.11. The number of piperazine rings is 1. The van der Waals surface area contributed by atoms with Crippen LogP contribution in [-0.4, -0.2) is 70.9 Å². The molecule has 38 heavy (non-hydrogen) atoms. The molecule has 2 aliphatic rings. The SMILES string of the molecule is CC(C)(C)C(=O)N1CCN(c2cc(S(=O)(=O)NC3(C#N)CC3)cc3c2cnn3-c2nnc(C(F)F)s2)CC1. The molecule has 0 atom stereocenters. The summed E-state index contributed by atoms with van der Waals surface area (Å²) in [5.41, 5.74) is -0.736. The van der Waals surface area contributed by atoms with Gasteiger partial charge in [-0.1, -0.05) is 32.1 Å². The lowest BCUT2D eigenvalue weighted by atomic mass is 9.94. The number of aromatic nitrogens is 4. The summed E-state index contributed by atoms with van der Waals surface area (Å²) < 4.78 is 56.8. The Morgan fingerprint density at radius 1 is 1.18 bits per heavy atom. The fraction of sp³-hybridized carbons (Fsp3) is 0.522. The van der Waals surface area contributed by atoms with Crippen LogP contribution in [0.4, 0.5) is 14.5 Å². The van der Waals surface area contributed by atoms with Crippen molar-refractivity contribution in [3.05, 3.63) is 23.3 Å². The van der Waals surface area contributed by atoms with Gasteiger partial charge in [0, 0.05) is 42.7 Å². The second kappa shape index (κ2) is 9.21. The highest BCUT2D eigenvalue weighted by atomic mass is 32.2. The Hall–Kier alpha value is -3.22. The van der Waals surface area contributed by atoms with Gasteiger partial charge in [0.25, 0.3) is 6.43 Å². The van der Waals surface area contributed by atoms with E-state index in [-0.39, 0.29) is 15.9 Å². The fourth-order valence-electron chi connectivity index (χ4n) is 4.36. The van der Waals surface area contributed by atoms with Crippen molar-refractivity contribution in [2.24, 2.45) is 5.41 Å². The number of alkyl halides is 2. The van der Waals surface area contributed by atoms with Crippen molar-refractivity contribution in [3.63, 3.8) is 0 Å². The Balaban J connectivity index is 1.56. The lowest BCUT2D eigenvalue weighted by Crippen LogP contribution is -2.51. The molecule has 1 amide bonds. The number of anilines is 1. The summed E-state index contributed by atoms with van der Waals surface area (Å²) in [4.78, 5) is 16.4. The highest BCUT2D eigenvalue weighted by molar-refractivity contribution is 7.89. The molecule has 3 aromatic rings. The summed E-state index contributed by atoms with van der Waals surface area (Å²) in [7, 11) is -4.11. The van der Waals surface area contributed by atoms with Crippen LogP contribution in [0.5, 0.6) is 0 Å². The zero-order valence-electron chi connectivity index (χ0n) is 21.0. The minimum Gasteiger partial charge on any atom is -0.367 e. The second-order valence-electron chi connectivity index (χ2n) is 10.5. The van der Waals surface area contributed by atoms with Crippen LogP contribution in [0.1, 0.15) is 45.0 Å². The minimum absolute atomic E-state index is 0.0352. The largest absolute Gasteiger partial charge is 0.367 e. The number of nitriles is 1. The normalized spacial score (nSPS) is 17.7. The number of hydrogen-bond donors (Lipinski definition) is 1. The van der Waals surface area contributed by atoms with Crippen molar-refractivity contribution in [1.29, 1.82) is 5.26 Å². The van der Waals surface area contributed by atoms with Gasteiger partial charge < -0.3 is 9.80 Å². The molecule has 1 saturated carbocycles. The predicted molar refractivity (Wildman–Crippen MR) is 136 cm³/mol. The van der Waals surface area contributed by atoms with Crippen molar-refractivity contribution in [3.8, 4) is 11.2 Å². The first-order valence-electron chi connectivity index (χ1n) is 12.0. The fourth-order valence-corrected chi connectivity index (χ4v) is 6.44. The van der Waals surface area contributed by atoms with Crippen LogP contribution in [0.2, 0.25) is 0 Å². The van der Waals surface area contributed by atoms with Crippen molar-refractivity contribution in [2.45, 2.75) is 50.5 Å². The number of halogens is 2. The van der Waals surface area contributed by atoms with Crippen molar-refractivity contribution >= 4 is 43.9 Å². The number of amides is 1. The van der Waals surface area contributed by atoms with E-state index in [4.69, 9.17) is 0 Å². The van der Waals surface area contributed by atoms with E-state index >= 15 is 0 Å². The zero-order valence-corrected chi connectivity index (χ0v) is 22.6. The molecule has 3 heterocycles. The first-order chi connectivity index (χ1) is 17.8. The van der Waals surface area contributed by atoms with Crippen molar-refractivity contribution < 1.29 is 22.0 Å². The van der Waals surface area contributed by atoms with E-state index in [1.54, 1.807) is 4.90 Å². The van der Waals surface area contributed by atoms with E-state index in [9.17, 15) is 27.3 Å². The Bertz CT molecular complexity index is 1540. The predicted octanol–water partition coefficient (Wildman–Crippen LogP) is 2.84. The molecule has 1 aliphatic heterocycles. The standard InChI is InChI=1S/C23H26F2N8O3S2/c1-22(2,3)20(34)32-8-6-31(7-9-32)16-10-14(38(35,36)30-23(13-26)4-5-23)11-17-15(16)12-27-33(17)21-29-28-19(37-21)18(24)25/h10-12,18,30H,4-9H2,1-3H3. The van der Waals surface area contributed by atoms with Crippen LogP contribution >= 0.6 is 11.3 Å². The maximum atomic E-state index is 13.4. The van der Waals surface area contributed by atoms with Gasteiger partial charge in [0.2, 0.25) is 21.1 Å². The maximum absolute atomic E-state index is 13.4. The number of carbonyl (C=O) groups excluding carboxylic acids is 1. The Morgan fingerprint density at radius 2 is 1.87 bits per heavy atom. The third kappa shape index (κ3) is 4.83. The quantitative estimate of drug-likeness (QED) is 0.483. The molecule has 11 nitrogen and oxygen atoms in total. The van der Waals surface area contributed by atoms with Crippen LogP contribution in [-0.2, 0) is 14.8 Å². The maximum Gasteiger partial charge on any atom is 0.291 e. The first-order valence-corrected chi connectivity index (χ1v) is 14.3. The molecular formula is C23H26F2N8O3S2. The molecule has 1 N–H and O–H groups in total. The zero-order chi connectivity index (χ0) is 27.5. The summed E-state index contributed by atoms with van der Waals surface area (Å²) in [6.45, 7) is 7.40. The molecule has 15 heteroatoms. The molecule has 0 spiro atoms. The highest BCUT2D eigenvalue weighted by Gasteiger charge is 2.47. The lowest BCUT2D eigenvalue weighted by molar-refractivity contribution is -0.139. The third-order valence-electron chi connectivity index (χ3n) is 6.59. The summed E-state index contributed by atoms with van der Waals surface area (Å²) in [5, 5.41) is 21.3. The highest BCUT2D eigenvalue weighted by Crippen LogP contribution is 2.38. The van der Waals surface area contributed by atoms with Gasteiger partial charge in [-0.05, 0) is 25.0 Å². The Kier molecular flexibility index (Phi) is 6.40. The van der Waals surface area contributed by atoms with Gasteiger partial charge in [0.05, 0.1) is 22.7 Å². The van der Waals surface area contributed by atoms with Gasteiger partial charge >= 0.3 is 0 Å². The Morgan fingerprint density at radius 3 is 2.42 bits per heavy atom. The molecular weight excluding hydrogens is 538 g/mol. The van der Waals surface area contributed by atoms with Gasteiger partial charge in [-0.15, -0.1) is 10.2 Å². The molecule has 5 rings (SSSR count). The van der Waals surface area contributed by atoms with E-state index in [0.717, 1.165) is 0 Å². The number of nitrogens with zero attached hydrogens (tertiary/aromatic N) is 7. The molecule has 0 bridgehead atoms. The van der Waals surface area contributed by atoms with Gasteiger partial charge in [0.15, 0.2) is 5.01 Å². The van der Waals surface area contributed by atoms with E-state index < -0.39 is 32.4 Å². The average molecular weight is 565 g/mol. The number of hydrogen-bond acceptors (Lipinski definition) is 9. The smallest absolute Gasteiger partial charge is 0.291 e. The van der Waals surface area contributed by atoms with Gasteiger partial charge in [0.1, 0.15) is 5.54 Å². The molecule has 2 aromatic heterocycles. The van der Waals surface area contributed by atoms with E-state index in [1.807, 2.05) is 31.7 Å². The third-order valence-corrected chi connectivity index (χ3v) is 9.01. The summed E-state index contributed by atoms with van der Waals surface area (Å²) in [5.74, 6) is 0.0352. The molecule has 202 valence electrons. The lowest BCUT2D eigenvalue weighted by Gasteiger charge is -2.39. The summed E-state index contributed by atoms with van der Waals surface area (Å²) in [6, 6.07) is 4.94. The van der Waals surface area contributed by atoms with Gasteiger partial charge in [-0.3, -0.25) is 4.79 Å². The molecule has 1 saturated heterocycles. The Labute approximate surface area is 222 Å². The van der Waals surface area contributed by atoms with Crippen LogP contribution in [0.3, 0.4) is 0 Å². The second-order valence-corrected chi connectivity index (χ2v) is 13.2. The number of benzene rings is 1. The van der Waals surface area contributed by atoms with Crippen LogP contribution in [0.15, 0.2) is 23.2 Å². The molecule has 2 fully saturated rings. The molecule has 1 aromatic carbocycles. The van der Waals surface area contributed by atoms with Crippen LogP contribution in [0.25, 0.3) is 16.0 Å². The topological polar surface area (TPSA) is 137 Å². The monoisotopic (exact) mass is 564 g/mol. The molecule has 0 radical (unpaired) electrons. The number of carbonyl (C=O) groups is 1. The number of fused-ring (bicyclic) bond motifs is 1. The number of rotatable bonds is 6. The van der Waals surface area contributed by atoms with Crippen LogP contribution < -0.4 is 9.62 Å². The van der Waals surface area contributed by atoms with E-state index in [0.29, 0.717) is 66.9 Å². The number of sulfonamides is 1. The summed E-state index contributed by atoms with van der Waals surface area (Å²) >= 11 is 0.660. The van der Waals surface area contributed by atoms with E-state index in [1.165, 1.54) is 23.0 Å². The van der Waals surface area contributed by atoms with Crippen molar-refractivity contribution in [2.75, 3.05) is 31.1 Å². The average Bonchev–Trinajstić information content (AvgIpc) is 3.26. The number of nitrogens with one attached hydrogen (secondary N) is 1. The first kappa shape index (κ1) is 26.4. The molecule has 0 unspecified atom stereocenters. The summed E-state index contributed by atoms with van der Waals surface area (Å²) in [6.07, 6.45) is -0.435. The van der Waals surface area contributed by atoms with E-state index in [2.05, 4.69) is 20.0 Å². The molecule has 1 aliphatic carbocycles. The van der Waals surface area contributed by atoms with Crippen molar-refractivity contribution in [1.82, 2.24) is 29.6 Å².